The molecule has 0 saturated heterocycles. The van der Waals surface area contributed by atoms with Crippen LogP contribution < -0.4 is 5.32 Å². The molecule has 37 heavy (non-hydrogen) atoms. The number of aromatic nitrogens is 2. The van der Waals surface area contributed by atoms with Gasteiger partial charge in [-0.25, -0.2) is 4.98 Å². The molecule has 0 saturated carbocycles. The predicted molar refractivity (Wildman–Crippen MR) is 135 cm³/mol. The summed E-state index contributed by atoms with van der Waals surface area (Å²) in [6, 6.07) is 8.36. The van der Waals surface area contributed by atoms with Crippen LogP contribution in [0.15, 0.2) is 49.4 Å². The van der Waals surface area contributed by atoms with Gasteiger partial charge >= 0.3 is 6.18 Å². The van der Waals surface area contributed by atoms with Crippen LogP contribution in [-0.2, 0) is 11.8 Å². The van der Waals surface area contributed by atoms with Crippen molar-refractivity contribution >= 4 is 28.5 Å². The number of alkyl halides is 3. The van der Waals surface area contributed by atoms with Crippen LogP contribution in [0.1, 0.15) is 53.2 Å². The van der Waals surface area contributed by atoms with Crippen LogP contribution in [0.4, 0.5) is 18.9 Å². The van der Waals surface area contributed by atoms with E-state index in [0.29, 0.717) is 28.9 Å². The van der Waals surface area contributed by atoms with Gasteiger partial charge in [0.1, 0.15) is 11.6 Å². The second-order valence-corrected chi connectivity index (χ2v) is 9.00. The highest BCUT2D eigenvalue weighted by molar-refractivity contribution is 6.06. The average Bonchev–Trinajstić information content (AvgIpc) is 3.21. The van der Waals surface area contributed by atoms with Crippen molar-refractivity contribution in [3.63, 3.8) is 0 Å². The Morgan fingerprint density at radius 1 is 1.32 bits per heavy atom. The number of hydrogen-bond donors (Lipinski definition) is 1. The lowest BCUT2D eigenvalue weighted by molar-refractivity contribution is -0.183. The van der Waals surface area contributed by atoms with Crippen molar-refractivity contribution < 1.29 is 22.8 Å². The third-order valence-corrected chi connectivity index (χ3v) is 6.47. The first kappa shape index (κ1) is 27.5. The van der Waals surface area contributed by atoms with Crippen LogP contribution >= 0.6 is 0 Å². The zero-order chi connectivity index (χ0) is 27.5. The molecule has 2 heterocycles. The Balaban J connectivity index is 1.85. The summed E-state index contributed by atoms with van der Waals surface area (Å²) in [5, 5.41) is 12.8. The molecule has 1 aromatic carbocycles. The van der Waals surface area contributed by atoms with E-state index >= 15 is 0 Å². The summed E-state index contributed by atoms with van der Waals surface area (Å²) in [5.74, 6) is -3.69. The summed E-state index contributed by atoms with van der Waals surface area (Å²) in [5.41, 5.74) is 3.56. The minimum absolute atomic E-state index is 0.0679. The van der Waals surface area contributed by atoms with E-state index in [-0.39, 0.29) is 18.4 Å². The van der Waals surface area contributed by atoms with Crippen LogP contribution in [0.5, 0.6) is 0 Å². The van der Waals surface area contributed by atoms with Crippen LogP contribution in [-0.4, -0.2) is 39.0 Å². The zero-order valence-corrected chi connectivity index (χ0v) is 21.1. The Morgan fingerprint density at radius 3 is 2.65 bits per heavy atom. The molecule has 0 aliphatic rings. The predicted octanol–water partition coefficient (Wildman–Crippen LogP) is 5.67. The minimum atomic E-state index is -4.63. The van der Waals surface area contributed by atoms with Gasteiger partial charge in [0, 0.05) is 30.7 Å². The lowest BCUT2D eigenvalue weighted by Gasteiger charge is -2.24. The lowest BCUT2D eigenvalue weighted by Crippen LogP contribution is -2.38. The summed E-state index contributed by atoms with van der Waals surface area (Å²) in [7, 11) is 1.83. The number of benzene rings is 1. The smallest absolute Gasteiger partial charge is 0.335 e. The number of nitrogens with zero attached hydrogens (tertiary/aromatic N) is 4. The first-order valence-corrected chi connectivity index (χ1v) is 11.6. The fraction of sp³-hybridized carbons (Fsp3) is 0.333. The molecule has 3 rings (SSSR count). The Morgan fingerprint density at radius 2 is 2.03 bits per heavy atom. The fourth-order valence-electron chi connectivity index (χ4n) is 4.13. The normalized spacial score (nSPS) is 13.0. The number of fused-ring (bicyclic) bond motifs is 1. The lowest BCUT2D eigenvalue weighted by atomic mass is 9.95. The summed E-state index contributed by atoms with van der Waals surface area (Å²) in [4.78, 5) is 30.6. The number of carbonyl (C=O) groups is 2. The van der Waals surface area contributed by atoms with Crippen LogP contribution in [0.25, 0.3) is 11.0 Å². The first-order chi connectivity index (χ1) is 17.4. The maximum atomic E-state index is 13.0. The minimum Gasteiger partial charge on any atom is -0.335 e. The van der Waals surface area contributed by atoms with Crippen molar-refractivity contribution in [3.8, 4) is 6.07 Å². The third-order valence-electron chi connectivity index (χ3n) is 6.47. The van der Waals surface area contributed by atoms with Crippen molar-refractivity contribution in [1.82, 2.24) is 14.5 Å². The third kappa shape index (κ3) is 5.82. The number of rotatable bonds is 8. The molecule has 7 nitrogen and oxygen atoms in total. The van der Waals surface area contributed by atoms with Crippen LogP contribution in [0.2, 0.25) is 0 Å². The van der Waals surface area contributed by atoms with Crippen molar-refractivity contribution in [2.45, 2.75) is 39.3 Å². The van der Waals surface area contributed by atoms with Crippen molar-refractivity contribution in [2.24, 2.45) is 13.0 Å². The second kappa shape index (κ2) is 10.9. The highest BCUT2D eigenvalue weighted by atomic mass is 19.4. The van der Waals surface area contributed by atoms with E-state index in [2.05, 4.69) is 16.9 Å². The molecule has 0 radical (unpaired) electrons. The molecule has 0 aliphatic heterocycles. The second-order valence-electron chi connectivity index (χ2n) is 9.00. The molecular weight excluding hydrogens is 483 g/mol. The molecule has 2 atom stereocenters. The number of anilines is 1. The highest BCUT2D eigenvalue weighted by Crippen LogP contribution is 2.34. The molecule has 0 fully saturated rings. The standard InChI is InChI=1S/C27H28F3N5O2/c1-6-35(26(37)18(4)27(28,29)30)11-10-16(2)21-15-34(5)24-23(21)17(3)22(14-32-24)33-25(36)20-9-7-8-19(12-20)13-31/h6-9,12,14-16,18H,1,10-11H2,2-5H3,(H,33,36)/t16?,18-/m1/s1. The molecule has 2 amide bonds. The Bertz CT molecular complexity index is 1390. The van der Waals surface area contributed by atoms with Gasteiger partial charge in [-0.15, -0.1) is 0 Å². The summed E-state index contributed by atoms with van der Waals surface area (Å²) in [6.45, 7) is 8.19. The maximum Gasteiger partial charge on any atom is 0.400 e. The summed E-state index contributed by atoms with van der Waals surface area (Å²) >= 11 is 0. The van der Waals surface area contributed by atoms with E-state index in [4.69, 9.17) is 5.26 Å². The molecule has 0 bridgehead atoms. The molecular formula is C27H28F3N5O2. The Kier molecular flexibility index (Phi) is 8.06. The Labute approximate surface area is 213 Å². The van der Waals surface area contributed by atoms with Crippen molar-refractivity contribution in [1.29, 1.82) is 5.26 Å². The molecule has 0 aliphatic carbocycles. The maximum absolute atomic E-state index is 13.0. The van der Waals surface area contributed by atoms with Gasteiger partial charge in [0.05, 0.1) is 23.5 Å². The average molecular weight is 512 g/mol. The van der Waals surface area contributed by atoms with Gasteiger partial charge in [0.2, 0.25) is 5.91 Å². The number of hydrogen-bond acceptors (Lipinski definition) is 4. The largest absolute Gasteiger partial charge is 0.400 e. The van der Waals surface area contributed by atoms with Gasteiger partial charge in [-0.2, -0.15) is 18.4 Å². The van der Waals surface area contributed by atoms with Crippen molar-refractivity contribution in [3.05, 3.63) is 71.7 Å². The number of carbonyl (C=O) groups excluding carboxylic acids is 2. The first-order valence-electron chi connectivity index (χ1n) is 11.6. The van der Waals surface area contributed by atoms with Gasteiger partial charge in [0.15, 0.2) is 0 Å². The Hall–Kier alpha value is -4.13. The van der Waals surface area contributed by atoms with Gasteiger partial charge in [-0.3, -0.25) is 9.59 Å². The van der Waals surface area contributed by atoms with E-state index in [1.54, 1.807) is 24.4 Å². The molecule has 1 N–H and O–H groups in total. The van der Waals surface area contributed by atoms with Crippen LogP contribution in [0.3, 0.4) is 0 Å². The van der Waals surface area contributed by atoms with Gasteiger partial charge in [-0.1, -0.05) is 19.6 Å². The van der Waals surface area contributed by atoms with E-state index in [1.807, 2.05) is 37.7 Å². The van der Waals surface area contributed by atoms with E-state index in [9.17, 15) is 22.8 Å². The number of amides is 2. The number of nitriles is 1. The molecule has 194 valence electrons. The van der Waals surface area contributed by atoms with E-state index < -0.39 is 18.0 Å². The van der Waals surface area contributed by atoms with E-state index in [1.165, 1.54) is 6.07 Å². The van der Waals surface area contributed by atoms with Crippen molar-refractivity contribution in [2.75, 3.05) is 11.9 Å². The van der Waals surface area contributed by atoms with Gasteiger partial charge < -0.3 is 14.8 Å². The SMILES string of the molecule is C=CN(CCC(C)c1cn(C)c2ncc(NC(=O)c3cccc(C#N)c3)c(C)c12)C(=O)[C@@H](C)C(F)(F)F. The highest BCUT2D eigenvalue weighted by Gasteiger charge is 2.42. The molecule has 10 heteroatoms. The fourth-order valence-corrected chi connectivity index (χ4v) is 4.13. The monoisotopic (exact) mass is 511 g/mol. The summed E-state index contributed by atoms with van der Waals surface area (Å²) < 4.78 is 40.9. The number of aryl methyl sites for hydroxylation is 2. The number of halogens is 3. The molecule has 3 aromatic rings. The molecule has 2 aromatic heterocycles. The zero-order valence-electron chi connectivity index (χ0n) is 21.1. The quantitative estimate of drug-likeness (QED) is 0.422. The molecule has 0 spiro atoms. The van der Waals surface area contributed by atoms with Gasteiger partial charge in [0.25, 0.3) is 5.91 Å². The van der Waals surface area contributed by atoms with Gasteiger partial charge in [-0.05, 0) is 61.7 Å². The van der Waals surface area contributed by atoms with E-state index in [0.717, 1.165) is 34.5 Å². The topological polar surface area (TPSA) is 91.0 Å². The van der Waals surface area contributed by atoms with Crippen LogP contribution in [0, 0.1) is 24.2 Å². The summed E-state index contributed by atoms with van der Waals surface area (Å²) in [6.07, 6.45) is 0.351. The molecule has 1 unspecified atom stereocenters. The number of pyridine rings is 1. The number of nitrogens with one attached hydrogen (secondary N) is 1.